The molecule has 17 heavy (non-hydrogen) atoms. The summed E-state index contributed by atoms with van der Waals surface area (Å²) in [5.41, 5.74) is 2.64. The minimum Gasteiger partial charge on any atom is -0.337 e. The Labute approximate surface area is 102 Å². The zero-order chi connectivity index (χ0) is 12.1. The molecule has 0 aromatic heterocycles. The molecule has 0 aliphatic carbocycles. The minimum atomic E-state index is 0.168. The first-order chi connectivity index (χ1) is 8.31. The topological polar surface area (TPSA) is 32.3 Å². The van der Waals surface area contributed by atoms with Crippen molar-refractivity contribution in [3.63, 3.8) is 0 Å². The van der Waals surface area contributed by atoms with E-state index in [2.05, 4.69) is 30.1 Å². The van der Waals surface area contributed by atoms with Crippen molar-refractivity contribution in [1.29, 1.82) is 0 Å². The lowest BCUT2D eigenvalue weighted by atomic mass is 10.00. The number of carbonyl (C=O) groups excluding carboxylic acids is 1. The maximum atomic E-state index is 11.9. The van der Waals surface area contributed by atoms with Crippen molar-refractivity contribution in [3.05, 3.63) is 48.0 Å². The quantitative estimate of drug-likeness (QED) is 0.625. The third-order valence-electron chi connectivity index (χ3n) is 3.05. The second-order valence-corrected chi connectivity index (χ2v) is 4.25. The average Bonchev–Trinajstić information content (AvgIpc) is 2.38. The summed E-state index contributed by atoms with van der Waals surface area (Å²) in [4.78, 5) is 13.8. The lowest BCUT2D eigenvalue weighted by Gasteiger charge is -2.29. The number of carbonyl (C=O) groups is 1. The Morgan fingerprint density at radius 3 is 2.94 bits per heavy atom. The first-order valence-electron chi connectivity index (χ1n) is 5.97. The van der Waals surface area contributed by atoms with Gasteiger partial charge < -0.3 is 10.2 Å². The molecule has 1 heterocycles. The van der Waals surface area contributed by atoms with Gasteiger partial charge in [-0.2, -0.15) is 0 Å². The molecule has 0 unspecified atom stereocenters. The Balaban J connectivity index is 1.93. The molecule has 1 aromatic rings. The summed E-state index contributed by atoms with van der Waals surface area (Å²) in [6, 6.07) is 8.34. The largest absolute Gasteiger partial charge is 0.337 e. The van der Waals surface area contributed by atoms with Gasteiger partial charge in [0.1, 0.15) is 0 Å². The van der Waals surface area contributed by atoms with Gasteiger partial charge in [0.05, 0.1) is 6.54 Å². The Morgan fingerprint density at radius 1 is 1.41 bits per heavy atom. The van der Waals surface area contributed by atoms with Crippen molar-refractivity contribution in [2.24, 2.45) is 0 Å². The first kappa shape index (κ1) is 11.9. The van der Waals surface area contributed by atoms with E-state index in [9.17, 15) is 4.79 Å². The van der Waals surface area contributed by atoms with Gasteiger partial charge in [0.15, 0.2) is 0 Å². The van der Waals surface area contributed by atoms with E-state index in [1.54, 1.807) is 6.08 Å². The number of hydrogen-bond donors (Lipinski definition) is 1. The van der Waals surface area contributed by atoms with Crippen LogP contribution in [0, 0.1) is 0 Å². The molecule has 1 N–H and O–H groups in total. The van der Waals surface area contributed by atoms with Crippen molar-refractivity contribution in [3.8, 4) is 0 Å². The van der Waals surface area contributed by atoms with Gasteiger partial charge in [0.2, 0.25) is 5.91 Å². The SMILES string of the molecule is C=CCNCC(=O)N1CCc2ccccc2C1. The van der Waals surface area contributed by atoms with Crippen molar-refractivity contribution >= 4 is 5.91 Å². The molecule has 90 valence electrons. The van der Waals surface area contributed by atoms with Crippen LogP contribution in [0.3, 0.4) is 0 Å². The maximum Gasteiger partial charge on any atom is 0.236 e. The Kier molecular flexibility index (Phi) is 3.94. The number of hydrogen-bond acceptors (Lipinski definition) is 2. The monoisotopic (exact) mass is 230 g/mol. The van der Waals surface area contributed by atoms with Crippen molar-refractivity contribution in [2.45, 2.75) is 13.0 Å². The molecule has 0 spiro atoms. The summed E-state index contributed by atoms with van der Waals surface area (Å²) >= 11 is 0. The van der Waals surface area contributed by atoms with Crippen LogP contribution in [0.2, 0.25) is 0 Å². The molecule has 0 bridgehead atoms. The van der Waals surface area contributed by atoms with E-state index < -0.39 is 0 Å². The van der Waals surface area contributed by atoms with Gasteiger partial charge in [-0.1, -0.05) is 30.3 Å². The molecule has 1 amide bonds. The molecule has 0 radical (unpaired) electrons. The fourth-order valence-electron chi connectivity index (χ4n) is 2.10. The highest BCUT2D eigenvalue weighted by Gasteiger charge is 2.19. The van der Waals surface area contributed by atoms with Crippen LogP contribution in [0.25, 0.3) is 0 Å². The van der Waals surface area contributed by atoms with Gasteiger partial charge in [-0.15, -0.1) is 6.58 Å². The van der Waals surface area contributed by atoms with Crippen molar-refractivity contribution in [1.82, 2.24) is 10.2 Å². The summed E-state index contributed by atoms with van der Waals surface area (Å²) in [7, 11) is 0. The molecule has 0 saturated carbocycles. The molecule has 1 aliphatic heterocycles. The normalized spacial score (nSPS) is 14.2. The van der Waals surface area contributed by atoms with Crippen LogP contribution in [0.4, 0.5) is 0 Å². The number of benzene rings is 1. The molecule has 3 nitrogen and oxygen atoms in total. The molecule has 3 heteroatoms. The highest BCUT2D eigenvalue weighted by molar-refractivity contribution is 5.78. The van der Waals surface area contributed by atoms with Crippen LogP contribution in [0.15, 0.2) is 36.9 Å². The van der Waals surface area contributed by atoms with Crippen LogP contribution in [-0.2, 0) is 17.8 Å². The van der Waals surface area contributed by atoms with E-state index >= 15 is 0 Å². The first-order valence-corrected chi connectivity index (χ1v) is 5.97. The van der Waals surface area contributed by atoms with E-state index in [-0.39, 0.29) is 5.91 Å². The number of nitrogens with zero attached hydrogens (tertiary/aromatic N) is 1. The number of amides is 1. The van der Waals surface area contributed by atoms with Crippen molar-refractivity contribution in [2.75, 3.05) is 19.6 Å². The van der Waals surface area contributed by atoms with Gasteiger partial charge in [-0.05, 0) is 17.5 Å². The molecular weight excluding hydrogens is 212 g/mol. The van der Waals surface area contributed by atoms with E-state index in [0.29, 0.717) is 13.1 Å². The lowest BCUT2D eigenvalue weighted by Crippen LogP contribution is -2.41. The third kappa shape index (κ3) is 2.94. The third-order valence-corrected chi connectivity index (χ3v) is 3.05. The predicted octanol–water partition coefficient (Wildman–Crippen LogP) is 1.35. The highest BCUT2D eigenvalue weighted by atomic mass is 16.2. The molecule has 0 atom stereocenters. The second kappa shape index (κ2) is 5.64. The van der Waals surface area contributed by atoms with Gasteiger partial charge >= 0.3 is 0 Å². The van der Waals surface area contributed by atoms with Gasteiger partial charge in [0.25, 0.3) is 0 Å². The van der Waals surface area contributed by atoms with Gasteiger partial charge in [-0.25, -0.2) is 0 Å². The smallest absolute Gasteiger partial charge is 0.236 e. The lowest BCUT2D eigenvalue weighted by molar-refractivity contribution is -0.131. The van der Waals surface area contributed by atoms with Crippen molar-refractivity contribution < 1.29 is 4.79 Å². The molecule has 1 aliphatic rings. The van der Waals surface area contributed by atoms with Crippen LogP contribution >= 0.6 is 0 Å². The van der Waals surface area contributed by atoms with E-state index in [0.717, 1.165) is 19.5 Å². The number of rotatable bonds is 4. The zero-order valence-corrected chi connectivity index (χ0v) is 9.98. The number of nitrogens with one attached hydrogen (secondary N) is 1. The molecule has 1 aromatic carbocycles. The Bertz CT molecular complexity index is 414. The van der Waals surface area contributed by atoms with E-state index in [1.165, 1.54) is 11.1 Å². The zero-order valence-electron chi connectivity index (χ0n) is 9.98. The fraction of sp³-hybridized carbons (Fsp3) is 0.357. The average molecular weight is 230 g/mol. The summed E-state index contributed by atoms with van der Waals surface area (Å²) < 4.78 is 0. The second-order valence-electron chi connectivity index (χ2n) is 4.25. The Hall–Kier alpha value is -1.61. The Morgan fingerprint density at radius 2 is 2.18 bits per heavy atom. The van der Waals surface area contributed by atoms with Crippen LogP contribution in [-0.4, -0.2) is 30.4 Å². The molecule has 0 saturated heterocycles. The summed E-state index contributed by atoms with van der Waals surface area (Å²) in [5.74, 6) is 0.168. The summed E-state index contributed by atoms with van der Waals surface area (Å²) in [6.45, 7) is 6.25. The summed E-state index contributed by atoms with van der Waals surface area (Å²) in [6.07, 6.45) is 2.72. The van der Waals surface area contributed by atoms with Gasteiger partial charge in [-0.3, -0.25) is 4.79 Å². The van der Waals surface area contributed by atoms with E-state index in [4.69, 9.17) is 0 Å². The molecule has 2 rings (SSSR count). The van der Waals surface area contributed by atoms with Crippen LogP contribution < -0.4 is 5.32 Å². The number of fused-ring (bicyclic) bond motifs is 1. The molecule has 0 fully saturated rings. The predicted molar refractivity (Wildman–Crippen MR) is 68.6 cm³/mol. The standard InChI is InChI=1S/C14H18N2O/c1-2-8-15-10-14(17)16-9-7-12-5-3-4-6-13(12)11-16/h2-6,15H,1,7-11H2. The fourth-order valence-corrected chi connectivity index (χ4v) is 2.10. The van der Waals surface area contributed by atoms with Crippen LogP contribution in [0.5, 0.6) is 0 Å². The maximum absolute atomic E-state index is 11.9. The van der Waals surface area contributed by atoms with Gasteiger partial charge in [0, 0.05) is 19.6 Å². The summed E-state index contributed by atoms with van der Waals surface area (Å²) in [5, 5.41) is 3.05. The van der Waals surface area contributed by atoms with Crippen LogP contribution in [0.1, 0.15) is 11.1 Å². The molecular formula is C14H18N2O. The minimum absolute atomic E-state index is 0.168. The van der Waals surface area contributed by atoms with E-state index in [1.807, 2.05) is 11.0 Å². The highest BCUT2D eigenvalue weighted by Crippen LogP contribution is 2.18.